The van der Waals surface area contributed by atoms with Gasteiger partial charge in [-0.3, -0.25) is 10.0 Å². The molecule has 1 amide bonds. The Morgan fingerprint density at radius 2 is 1.62 bits per heavy atom. The van der Waals surface area contributed by atoms with Crippen molar-refractivity contribution in [2.75, 3.05) is 0 Å². The number of unbranched alkanes of at least 4 members (excludes halogenated alkanes) is 7. The smallest absolute Gasteiger partial charge is 0.246 e. The first-order valence-corrected chi connectivity index (χ1v) is 9.80. The van der Waals surface area contributed by atoms with E-state index in [0.29, 0.717) is 6.42 Å². The van der Waals surface area contributed by atoms with Gasteiger partial charge in [-0.2, -0.15) is 0 Å². The fraction of sp³-hybridized carbons (Fsp3) is 0.667. The second-order valence-electron chi connectivity index (χ2n) is 7.13. The highest BCUT2D eigenvalue weighted by atomic mass is 16.5. The first kappa shape index (κ1) is 19.0. The maximum absolute atomic E-state index is 11.9. The molecule has 2 rings (SSSR count). The fourth-order valence-corrected chi connectivity index (χ4v) is 3.84. The molecule has 1 aromatic rings. The summed E-state index contributed by atoms with van der Waals surface area (Å²) in [7, 11) is 0. The number of hydroxylamine groups is 2. The van der Waals surface area contributed by atoms with Crippen LogP contribution in [0.4, 0.5) is 0 Å². The number of carbonyl (C=O) groups is 1. The Labute approximate surface area is 147 Å². The topological polar surface area (TPSA) is 40.5 Å². The average Bonchev–Trinajstić information content (AvgIpc) is 2.61. The molecule has 134 valence electrons. The molecular formula is C21H33NO2. The van der Waals surface area contributed by atoms with Crippen molar-refractivity contribution in [2.45, 2.75) is 89.5 Å². The third-order valence-electron chi connectivity index (χ3n) is 5.28. The molecule has 3 nitrogen and oxygen atoms in total. The summed E-state index contributed by atoms with van der Waals surface area (Å²) in [5.41, 5.74) is 1.24. The monoisotopic (exact) mass is 331 g/mol. The number of nitrogens with zero attached hydrogens (tertiary/aromatic N) is 1. The molecule has 1 N–H and O–H groups in total. The van der Waals surface area contributed by atoms with Crippen molar-refractivity contribution in [1.29, 1.82) is 0 Å². The lowest BCUT2D eigenvalue weighted by molar-refractivity contribution is -0.185. The van der Waals surface area contributed by atoms with Gasteiger partial charge in [0.15, 0.2) is 0 Å². The number of amides is 1. The first-order valence-electron chi connectivity index (χ1n) is 9.80. The van der Waals surface area contributed by atoms with Crippen LogP contribution < -0.4 is 0 Å². The van der Waals surface area contributed by atoms with E-state index in [2.05, 4.69) is 19.1 Å². The van der Waals surface area contributed by atoms with Crippen molar-refractivity contribution in [3.05, 3.63) is 35.9 Å². The maximum atomic E-state index is 11.9. The lowest BCUT2D eigenvalue weighted by Gasteiger charge is -2.37. The van der Waals surface area contributed by atoms with E-state index in [1.807, 2.05) is 18.2 Å². The van der Waals surface area contributed by atoms with Gasteiger partial charge in [0.25, 0.3) is 0 Å². The van der Waals surface area contributed by atoms with Gasteiger partial charge < -0.3 is 0 Å². The molecule has 0 spiro atoms. The van der Waals surface area contributed by atoms with Crippen LogP contribution in [0.25, 0.3) is 0 Å². The van der Waals surface area contributed by atoms with Crippen LogP contribution in [0.5, 0.6) is 0 Å². The Hall–Kier alpha value is -1.35. The molecule has 1 aliphatic rings. The molecule has 0 saturated carbocycles. The van der Waals surface area contributed by atoms with Gasteiger partial charge in [-0.05, 0) is 18.4 Å². The third kappa shape index (κ3) is 5.62. The number of carbonyl (C=O) groups excluding carboxylic acids is 1. The molecule has 0 unspecified atom stereocenters. The molecular weight excluding hydrogens is 298 g/mol. The predicted octanol–water partition coefficient (Wildman–Crippen LogP) is 5.68. The van der Waals surface area contributed by atoms with Crippen LogP contribution in [0.1, 0.15) is 89.0 Å². The van der Waals surface area contributed by atoms with E-state index in [0.717, 1.165) is 24.3 Å². The van der Waals surface area contributed by atoms with Crippen LogP contribution in [0.2, 0.25) is 0 Å². The molecule has 1 aliphatic heterocycles. The molecule has 1 aromatic carbocycles. The van der Waals surface area contributed by atoms with Crippen LogP contribution in [0.3, 0.4) is 0 Å². The molecule has 24 heavy (non-hydrogen) atoms. The van der Waals surface area contributed by atoms with E-state index in [4.69, 9.17) is 0 Å². The molecule has 0 aliphatic carbocycles. The Morgan fingerprint density at radius 1 is 1.00 bits per heavy atom. The second kappa shape index (κ2) is 10.5. The minimum absolute atomic E-state index is 0.0614. The summed E-state index contributed by atoms with van der Waals surface area (Å²) < 4.78 is 0. The van der Waals surface area contributed by atoms with Gasteiger partial charge in [0.1, 0.15) is 0 Å². The minimum Gasteiger partial charge on any atom is -0.286 e. The normalized spacial score (nSPS) is 21.2. The highest BCUT2D eigenvalue weighted by Gasteiger charge is 2.35. The van der Waals surface area contributed by atoms with Crippen molar-refractivity contribution >= 4 is 5.91 Å². The SMILES string of the molecule is CCCCCCCCCC[C@@H]1[C@H](c2ccccc2)CCC(=O)N1O. The van der Waals surface area contributed by atoms with Crippen LogP contribution >= 0.6 is 0 Å². The Morgan fingerprint density at radius 3 is 2.29 bits per heavy atom. The molecule has 1 heterocycles. The molecule has 0 bridgehead atoms. The van der Waals surface area contributed by atoms with Crippen molar-refractivity contribution < 1.29 is 10.0 Å². The van der Waals surface area contributed by atoms with Crippen LogP contribution in [-0.4, -0.2) is 22.2 Å². The summed E-state index contributed by atoms with van der Waals surface area (Å²) in [6, 6.07) is 10.3. The van der Waals surface area contributed by atoms with E-state index in [-0.39, 0.29) is 17.9 Å². The van der Waals surface area contributed by atoms with E-state index in [9.17, 15) is 10.0 Å². The number of rotatable bonds is 10. The van der Waals surface area contributed by atoms with Crippen molar-refractivity contribution in [2.24, 2.45) is 0 Å². The molecule has 2 atom stereocenters. The quantitative estimate of drug-likeness (QED) is 0.442. The molecule has 1 fully saturated rings. The van der Waals surface area contributed by atoms with Crippen molar-refractivity contribution in [3.8, 4) is 0 Å². The van der Waals surface area contributed by atoms with Crippen molar-refractivity contribution in [3.63, 3.8) is 0 Å². The summed E-state index contributed by atoms with van der Waals surface area (Å²) in [5, 5.41) is 11.3. The Kier molecular flexibility index (Phi) is 8.31. The summed E-state index contributed by atoms with van der Waals surface area (Å²) in [5.74, 6) is 0.144. The van der Waals surface area contributed by atoms with Crippen LogP contribution in [-0.2, 0) is 4.79 Å². The van der Waals surface area contributed by atoms with Gasteiger partial charge in [-0.1, -0.05) is 88.6 Å². The Bertz CT molecular complexity index is 474. The van der Waals surface area contributed by atoms with Gasteiger partial charge in [-0.15, -0.1) is 0 Å². The standard InChI is InChI=1S/C21H33NO2/c1-2-3-4-5-6-7-8-12-15-20-19(16-17-21(23)22(20)24)18-13-10-9-11-14-18/h9-11,13-14,19-20,24H,2-8,12,15-17H2,1H3/t19-,20+/m0/s1. The molecule has 1 saturated heterocycles. The second-order valence-corrected chi connectivity index (χ2v) is 7.13. The van der Waals surface area contributed by atoms with E-state index >= 15 is 0 Å². The van der Waals surface area contributed by atoms with Gasteiger partial charge in [0.05, 0.1) is 6.04 Å². The zero-order valence-corrected chi connectivity index (χ0v) is 15.1. The molecule has 3 heteroatoms. The highest BCUT2D eigenvalue weighted by molar-refractivity contribution is 5.76. The van der Waals surface area contributed by atoms with E-state index in [1.165, 1.54) is 50.5 Å². The van der Waals surface area contributed by atoms with Crippen LogP contribution in [0, 0.1) is 0 Å². The van der Waals surface area contributed by atoms with Gasteiger partial charge >= 0.3 is 0 Å². The lowest BCUT2D eigenvalue weighted by atomic mass is 9.82. The summed E-state index contributed by atoms with van der Waals surface area (Å²) >= 11 is 0. The molecule has 0 aromatic heterocycles. The fourth-order valence-electron chi connectivity index (χ4n) is 3.84. The molecule has 0 radical (unpaired) electrons. The number of piperidine rings is 1. The van der Waals surface area contributed by atoms with Crippen molar-refractivity contribution in [1.82, 2.24) is 5.06 Å². The zero-order chi connectivity index (χ0) is 17.2. The summed E-state index contributed by atoms with van der Waals surface area (Å²) in [6.07, 6.45) is 12.4. The zero-order valence-electron chi connectivity index (χ0n) is 15.1. The van der Waals surface area contributed by atoms with Gasteiger partial charge in [-0.25, -0.2) is 5.06 Å². The van der Waals surface area contributed by atoms with Crippen LogP contribution in [0.15, 0.2) is 30.3 Å². The summed E-state index contributed by atoms with van der Waals surface area (Å²) in [4.78, 5) is 11.9. The van der Waals surface area contributed by atoms with Gasteiger partial charge in [0.2, 0.25) is 5.91 Å². The Balaban J connectivity index is 1.79. The lowest BCUT2D eigenvalue weighted by Crippen LogP contribution is -2.45. The largest absolute Gasteiger partial charge is 0.286 e. The highest BCUT2D eigenvalue weighted by Crippen LogP contribution is 2.35. The summed E-state index contributed by atoms with van der Waals surface area (Å²) in [6.45, 7) is 2.25. The number of hydrogen-bond acceptors (Lipinski definition) is 2. The van der Waals surface area contributed by atoms with Gasteiger partial charge in [0, 0.05) is 12.3 Å². The number of hydrogen-bond donors (Lipinski definition) is 1. The first-order chi connectivity index (χ1) is 11.7. The van der Waals surface area contributed by atoms with E-state index in [1.54, 1.807) is 0 Å². The third-order valence-corrected chi connectivity index (χ3v) is 5.28. The maximum Gasteiger partial charge on any atom is 0.246 e. The predicted molar refractivity (Wildman–Crippen MR) is 98.1 cm³/mol. The number of benzene rings is 1. The van der Waals surface area contributed by atoms with E-state index < -0.39 is 0 Å². The average molecular weight is 332 g/mol. The minimum atomic E-state index is -0.119.